The maximum Gasteiger partial charge on any atom is 0.494 e. The van der Waals surface area contributed by atoms with E-state index >= 15 is 0 Å². The zero-order valence-corrected chi connectivity index (χ0v) is 11.7. The van der Waals surface area contributed by atoms with E-state index in [0.29, 0.717) is 30.5 Å². The minimum Gasteiger partial charge on any atom is -0.423 e. The summed E-state index contributed by atoms with van der Waals surface area (Å²) in [5.41, 5.74) is -1.43. The standard InChI is InChI=1S/C15H13BF4O2/c1-2-3-8-4-10(17)14(11(18)5-8)9-6-12(19)15(16(21)22)13(20)7-9/h4-7,21-22H,2-3H2,1H3. The van der Waals surface area contributed by atoms with Crippen LogP contribution in [0.3, 0.4) is 0 Å². The maximum absolute atomic E-state index is 14.1. The van der Waals surface area contributed by atoms with Crippen LogP contribution in [-0.2, 0) is 6.42 Å². The first kappa shape index (κ1) is 16.5. The largest absolute Gasteiger partial charge is 0.494 e. The summed E-state index contributed by atoms with van der Waals surface area (Å²) in [5.74, 6) is -4.44. The van der Waals surface area contributed by atoms with E-state index in [0.717, 1.165) is 12.1 Å². The molecule has 0 saturated carbocycles. The van der Waals surface area contributed by atoms with Crippen molar-refractivity contribution in [3.63, 3.8) is 0 Å². The van der Waals surface area contributed by atoms with Crippen LogP contribution in [0.15, 0.2) is 24.3 Å². The zero-order valence-electron chi connectivity index (χ0n) is 11.7. The molecule has 0 heterocycles. The fourth-order valence-electron chi connectivity index (χ4n) is 2.31. The Morgan fingerprint density at radius 3 is 1.77 bits per heavy atom. The molecule has 0 bridgehead atoms. The van der Waals surface area contributed by atoms with Crippen LogP contribution in [-0.4, -0.2) is 17.2 Å². The summed E-state index contributed by atoms with van der Waals surface area (Å²) >= 11 is 0. The SMILES string of the molecule is CCCc1cc(F)c(-c2cc(F)c(B(O)O)c(F)c2)c(F)c1. The molecule has 7 heteroatoms. The molecule has 0 spiro atoms. The predicted octanol–water partition coefficient (Wildman–Crippen LogP) is 2.54. The highest BCUT2D eigenvalue weighted by atomic mass is 19.1. The molecule has 0 saturated heterocycles. The lowest BCUT2D eigenvalue weighted by molar-refractivity contribution is 0.419. The zero-order chi connectivity index (χ0) is 16.4. The van der Waals surface area contributed by atoms with E-state index in [9.17, 15) is 17.6 Å². The Morgan fingerprint density at radius 1 is 0.864 bits per heavy atom. The third-order valence-electron chi connectivity index (χ3n) is 3.27. The van der Waals surface area contributed by atoms with Gasteiger partial charge in [0.05, 0.1) is 11.0 Å². The van der Waals surface area contributed by atoms with Gasteiger partial charge in [-0.05, 0) is 41.8 Å². The summed E-state index contributed by atoms with van der Waals surface area (Å²) in [6, 6.07) is 3.57. The normalized spacial score (nSPS) is 10.9. The molecule has 0 aliphatic heterocycles. The minimum atomic E-state index is -2.35. The van der Waals surface area contributed by atoms with Gasteiger partial charge in [0, 0.05) is 0 Å². The number of hydrogen-bond donors (Lipinski definition) is 2. The van der Waals surface area contributed by atoms with Gasteiger partial charge in [-0.15, -0.1) is 0 Å². The lowest BCUT2D eigenvalue weighted by Gasteiger charge is -2.11. The first-order chi connectivity index (χ1) is 10.3. The van der Waals surface area contributed by atoms with Crippen molar-refractivity contribution in [2.45, 2.75) is 19.8 Å². The average Bonchev–Trinajstić information content (AvgIpc) is 2.36. The first-order valence-corrected chi connectivity index (χ1v) is 6.68. The molecular formula is C15H13BF4O2. The molecule has 116 valence electrons. The summed E-state index contributed by atoms with van der Waals surface area (Å²) in [6.45, 7) is 1.85. The van der Waals surface area contributed by atoms with E-state index in [1.54, 1.807) is 0 Å². The van der Waals surface area contributed by atoms with Crippen LogP contribution in [0.1, 0.15) is 18.9 Å². The van der Waals surface area contributed by atoms with E-state index in [4.69, 9.17) is 10.0 Å². The molecule has 0 atom stereocenters. The summed E-state index contributed by atoms with van der Waals surface area (Å²) in [5, 5.41) is 17.8. The fourth-order valence-corrected chi connectivity index (χ4v) is 2.31. The van der Waals surface area contributed by atoms with Gasteiger partial charge in [-0.25, -0.2) is 17.6 Å². The van der Waals surface area contributed by atoms with Crippen molar-refractivity contribution in [3.05, 3.63) is 53.1 Å². The Balaban J connectivity index is 2.58. The van der Waals surface area contributed by atoms with Crippen molar-refractivity contribution < 1.29 is 27.6 Å². The predicted molar refractivity (Wildman–Crippen MR) is 75.5 cm³/mol. The van der Waals surface area contributed by atoms with Crippen LogP contribution < -0.4 is 5.46 Å². The van der Waals surface area contributed by atoms with Gasteiger partial charge >= 0.3 is 7.12 Å². The molecule has 0 aliphatic rings. The molecule has 2 rings (SSSR count). The number of rotatable bonds is 4. The molecule has 2 N–H and O–H groups in total. The van der Waals surface area contributed by atoms with Crippen LogP contribution in [0.25, 0.3) is 11.1 Å². The van der Waals surface area contributed by atoms with Gasteiger partial charge < -0.3 is 10.0 Å². The van der Waals surface area contributed by atoms with Crippen LogP contribution >= 0.6 is 0 Å². The average molecular weight is 312 g/mol. The van der Waals surface area contributed by atoms with E-state index in [2.05, 4.69) is 0 Å². The molecule has 0 fully saturated rings. The molecule has 2 aromatic rings. The molecule has 2 aromatic carbocycles. The van der Waals surface area contributed by atoms with Gasteiger partial charge in [0.15, 0.2) is 0 Å². The first-order valence-electron chi connectivity index (χ1n) is 6.68. The van der Waals surface area contributed by atoms with Gasteiger partial charge in [-0.3, -0.25) is 0 Å². The van der Waals surface area contributed by atoms with Crippen molar-refractivity contribution in [1.82, 2.24) is 0 Å². The van der Waals surface area contributed by atoms with Gasteiger partial charge in [-0.2, -0.15) is 0 Å². The second kappa shape index (κ2) is 6.50. The number of benzene rings is 2. The Morgan fingerprint density at radius 2 is 1.36 bits per heavy atom. The molecule has 0 amide bonds. The lowest BCUT2D eigenvalue weighted by atomic mass is 9.78. The fraction of sp³-hybridized carbons (Fsp3) is 0.200. The van der Waals surface area contributed by atoms with Crippen molar-refractivity contribution in [3.8, 4) is 11.1 Å². The molecule has 0 aromatic heterocycles. The quantitative estimate of drug-likeness (QED) is 0.673. The highest BCUT2D eigenvalue weighted by molar-refractivity contribution is 6.58. The number of hydrogen-bond acceptors (Lipinski definition) is 2. The molecule has 0 radical (unpaired) electrons. The van der Waals surface area contributed by atoms with Crippen LogP contribution in [0.2, 0.25) is 0 Å². The summed E-state index contributed by atoms with van der Waals surface area (Å²) in [7, 11) is -2.35. The second-order valence-corrected chi connectivity index (χ2v) is 4.91. The monoisotopic (exact) mass is 312 g/mol. The number of halogens is 4. The highest BCUT2D eigenvalue weighted by Gasteiger charge is 2.24. The van der Waals surface area contributed by atoms with Crippen LogP contribution in [0, 0.1) is 23.3 Å². The van der Waals surface area contributed by atoms with E-state index in [-0.39, 0.29) is 5.56 Å². The second-order valence-electron chi connectivity index (χ2n) is 4.91. The summed E-state index contributed by atoms with van der Waals surface area (Å²) in [6.07, 6.45) is 1.18. The van der Waals surface area contributed by atoms with E-state index in [1.165, 1.54) is 0 Å². The van der Waals surface area contributed by atoms with Gasteiger partial charge in [0.25, 0.3) is 0 Å². The van der Waals surface area contributed by atoms with E-state index in [1.807, 2.05) is 6.92 Å². The third kappa shape index (κ3) is 3.15. The molecule has 2 nitrogen and oxygen atoms in total. The van der Waals surface area contributed by atoms with Crippen LogP contribution in [0.5, 0.6) is 0 Å². The third-order valence-corrected chi connectivity index (χ3v) is 3.27. The Kier molecular flexibility index (Phi) is 4.88. The van der Waals surface area contributed by atoms with Gasteiger partial charge in [0.1, 0.15) is 23.3 Å². The minimum absolute atomic E-state index is 0.350. The van der Waals surface area contributed by atoms with Gasteiger partial charge in [0.2, 0.25) is 0 Å². The topological polar surface area (TPSA) is 40.5 Å². The Bertz CT molecular complexity index is 658. The van der Waals surface area contributed by atoms with Crippen molar-refractivity contribution >= 4 is 12.6 Å². The highest BCUT2D eigenvalue weighted by Crippen LogP contribution is 2.28. The molecule has 0 unspecified atom stereocenters. The van der Waals surface area contributed by atoms with E-state index < -0.39 is 41.4 Å². The summed E-state index contributed by atoms with van der Waals surface area (Å²) in [4.78, 5) is 0. The Labute approximate surface area is 125 Å². The van der Waals surface area contributed by atoms with Crippen molar-refractivity contribution in [2.75, 3.05) is 0 Å². The van der Waals surface area contributed by atoms with Crippen molar-refractivity contribution in [2.24, 2.45) is 0 Å². The molecule has 22 heavy (non-hydrogen) atoms. The Hall–Kier alpha value is -1.86. The van der Waals surface area contributed by atoms with Crippen LogP contribution in [0.4, 0.5) is 17.6 Å². The van der Waals surface area contributed by atoms with Gasteiger partial charge in [-0.1, -0.05) is 13.3 Å². The maximum atomic E-state index is 14.1. The number of aryl methyl sites for hydroxylation is 1. The smallest absolute Gasteiger partial charge is 0.423 e. The van der Waals surface area contributed by atoms with Crippen molar-refractivity contribution in [1.29, 1.82) is 0 Å². The molecular weight excluding hydrogens is 299 g/mol. The summed E-state index contributed by atoms with van der Waals surface area (Å²) < 4.78 is 55.5. The lowest BCUT2D eigenvalue weighted by Crippen LogP contribution is -2.35. The molecule has 0 aliphatic carbocycles.